The molecule has 10 N–H and O–H groups in total. The number of hydrogen-bond acceptors (Lipinski definition) is 6. The molecule has 0 spiro atoms. The van der Waals surface area contributed by atoms with E-state index in [-0.39, 0.29) is 23.7 Å². The van der Waals surface area contributed by atoms with E-state index >= 15 is 0 Å². The third kappa shape index (κ3) is 6.95. The van der Waals surface area contributed by atoms with E-state index in [0.29, 0.717) is 48.8 Å². The molecule has 43 heavy (non-hydrogen) atoms. The first kappa shape index (κ1) is 37.3. The van der Waals surface area contributed by atoms with E-state index in [1.165, 1.54) is 19.3 Å². The number of hydrogen-bond donors (Lipinski definition) is 8. The van der Waals surface area contributed by atoms with Gasteiger partial charge in [0.2, 0.25) is 0 Å². The van der Waals surface area contributed by atoms with Gasteiger partial charge in [-0.3, -0.25) is 9.13 Å². The zero-order chi connectivity index (χ0) is 32.4. The SMILES string of the molecule is CC(C)CCC[C@@H](C)[C@H]1CC[C@H]2[C@@H]3CC=C4C[C@@H](O)CC(P(=O)(O)O)(P(=O)(O)O)[C@]4(C)[C@H]3CC[C@]12C.NCCNCCN. The van der Waals surface area contributed by atoms with Gasteiger partial charge in [0.25, 0.3) is 0 Å². The molecule has 4 rings (SSSR count). The summed E-state index contributed by atoms with van der Waals surface area (Å²) in [7, 11) is -10.6. The lowest BCUT2D eigenvalue weighted by Gasteiger charge is -2.63. The van der Waals surface area contributed by atoms with E-state index in [1.807, 2.05) is 6.08 Å². The fourth-order valence-corrected chi connectivity index (χ4v) is 14.2. The van der Waals surface area contributed by atoms with E-state index in [1.54, 1.807) is 6.92 Å². The van der Waals surface area contributed by atoms with E-state index in [4.69, 9.17) is 11.5 Å². The van der Waals surface area contributed by atoms with Crippen LogP contribution in [0.5, 0.6) is 0 Å². The molecule has 0 aromatic carbocycles. The maximum atomic E-state index is 13.1. The van der Waals surface area contributed by atoms with Gasteiger partial charge in [-0.2, -0.15) is 0 Å². The monoisotopic (exact) mass is 649 g/mol. The molecule has 0 aromatic heterocycles. The Balaban J connectivity index is 0.000000646. The Hall–Kier alpha value is -0.120. The zero-order valence-electron chi connectivity index (χ0n) is 27.1. The summed E-state index contributed by atoms with van der Waals surface area (Å²) in [6.45, 7) is 14.2. The van der Waals surface area contributed by atoms with Gasteiger partial charge in [0.05, 0.1) is 6.10 Å². The number of nitrogens with two attached hydrogens (primary N) is 2. The molecule has 0 saturated heterocycles. The van der Waals surface area contributed by atoms with Crippen molar-refractivity contribution in [1.29, 1.82) is 0 Å². The second kappa shape index (κ2) is 14.3. The van der Waals surface area contributed by atoms with Crippen LogP contribution in [0.3, 0.4) is 0 Å². The van der Waals surface area contributed by atoms with Crippen molar-refractivity contribution in [1.82, 2.24) is 5.32 Å². The van der Waals surface area contributed by atoms with Crippen molar-refractivity contribution >= 4 is 15.2 Å². The van der Waals surface area contributed by atoms with Crippen LogP contribution in [0.4, 0.5) is 0 Å². The van der Waals surface area contributed by atoms with Crippen LogP contribution < -0.4 is 16.8 Å². The minimum absolute atomic E-state index is 0.137. The van der Waals surface area contributed by atoms with Crippen LogP contribution in [0.1, 0.15) is 98.8 Å². The van der Waals surface area contributed by atoms with Crippen LogP contribution in [-0.2, 0) is 9.13 Å². The van der Waals surface area contributed by atoms with E-state index in [9.17, 15) is 33.8 Å². The number of aliphatic hydroxyl groups is 1. The van der Waals surface area contributed by atoms with Crippen molar-refractivity contribution in [3.63, 3.8) is 0 Å². The van der Waals surface area contributed by atoms with E-state index < -0.39 is 38.0 Å². The summed E-state index contributed by atoms with van der Waals surface area (Å²) in [5.74, 6) is 2.23. The standard InChI is InChI=1S/C27H48O7P2.C4H13N3/c1-17(2)7-6-8-18(3)22-11-12-23-21-10-9-19-15-20(28)16-27(35(29,30)31,36(32,33)34)26(19,5)24(21)13-14-25(22,23)4;5-1-3-7-4-2-6/h9,17-18,20-24,28H,6-8,10-16H2,1-5H3,(H2,29,30,31)(H2,32,33,34);7H,1-6H2/t18-,20-,21+,22-,23+,24+,25-,26+;/m1./s1. The summed E-state index contributed by atoms with van der Waals surface area (Å²) in [4.78, 5) is 39.8. The van der Waals surface area contributed by atoms with Crippen LogP contribution in [0.2, 0.25) is 0 Å². The fraction of sp³-hybridized carbons (Fsp3) is 0.935. The Morgan fingerprint density at radius 1 is 0.953 bits per heavy atom. The molecule has 0 amide bonds. The molecule has 0 aromatic rings. The first-order valence-electron chi connectivity index (χ1n) is 16.5. The molecule has 0 bridgehead atoms. The molecule has 3 fully saturated rings. The molecule has 0 radical (unpaired) electrons. The molecule has 10 nitrogen and oxygen atoms in total. The van der Waals surface area contributed by atoms with Crippen molar-refractivity contribution in [2.45, 2.75) is 110 Å². The van der Waals surface area contributed by atoms with Crippen molar-refractivity contribution < 1.29 is 33.8 Å². The number of allylic oxidation sites excluding steroid dienone is 1. The van der Waals surface area contributed by atoms with Crippen LogP contribution in [-0.4, -0.2) is 61.9 Å². The molecule has 0 unspecified atom stereocenters. The highest BCUT2D eigenvalue weighted by Gasteiger charge is 2.76. The number of nitrogens with one attached hydrogen (secondary N) is 1. The number of rotatable bonds is 11. The minimum Gasteiger partial charge on any atom is -0.393 e. The van der Waals surface area contributed by atoms with Crippen LogP contribution in [0, 0.1) is 46.3 Å². The molecule has 8 atom stereocenters. The van der Waals surface area contributed by atoms with Crippen molar-refractivity contribution in [3.8, 4) is 0 Å². The quantitative estimate of drug-likeness (QED) is 0.0893. The first-order chi connectivity index (χ1) is 19.9. The lowest BCUT2D eigenvalue weighted by atomic mass is 9.46. The minimum atomic E-state index is -5.31. The lowest BCUT2D eigenvalue weighted by Crippen LogP contribution is -2.61. The van der Waals surface area contributed by atoms with Crippen LogP contribution >= 0.6 is 15.2 Å². The summed E-state index contributed by atoms with van der Waals surface area (Å²) in [6, 6.07) is 0. The topological polar surface area (TPSA) is 199 Å². The third-order valence-electron chi connectivity index (χ3n) is 12.1. The van der Waals surface area contributed by atoms with Crippen molar-refractivity contribution in [2.24, 2.45) is 57.8 Å². The highest BCUT2D eigenvalue weighted by atomic mass is 31.2. The van der Waals surface area contributed by atoms with Crippen molar-refractivity contribution in [3.05, 3.63) is 11.6 Å². The molecular weight excluding hydrogens is 588 g/mol. The van der Waals surface area contributed by atoms with Crippen LogP contribution in [0.25, 0.3) is 0 Å². The number of aliphatic hydroxyl groups excluding tert-OH is 1. The lowest BCUT2D eigenvalue weighted by molar-refractivity contribution is -0.0661. The molecule has 0 heterocycles. The maximum Gasteiger partial charge on any atom is 0.344 e. The average Bonchev–Trinajstić information content (AvgIpc) is 3.25. The molecule has 3 saturated carbocycles. The summed E-state index contributed by atoms with van der Waals surface area (Å²) < 4.78 is 26.2. The zero-order valence-corrected chi connectivity index (χ0v) is 28.9. The Morgan fingerprint density at radius 3 is 2.09 bits per heavy atom. The molecular formula is C31H61N3O7P2. The van der Waals surface area contributed by atoms with Gasteiger partial charge < -0.3 is 41.5 Å². The largest absolute Gasteiger partial charge is 0.393 e. The third-order valence-corrected chi connectivity index (χ3v) is 16.9. The van der Waals surface area contributed by atoms with Crippen molar-refractivity contribution in [2.75, 3.05) is 26.2 Å². The molecule has 4 aliphatic rings. The smallest absolute Gasteiger partial charge is 0.344 e. The predicted octanol–water partition coefficient (Wildman–Crippen LogP) is 4.54. The summed E-state index contributed by atoms with van der Waals surface area (Å²) in [5, 5.41) is 13.6. The Labute approximate surface area is 259 Å². The molecule has 12 heteroatoms. The van der Waals surface area contributed by atoms with Gasteiger partial charge in [0, 0.05) is 38.0 Å². The molecule has 0 aliphatic heterocycles. The Morgan fingerprint density at radius 2 is 1.56 bits per heavy atom. The van der Waals surface area contributed by atoms with Gasteiger partial charge >= 0.3 is 15.2 Å². The van der Waals surface area contributed by atoms with E-state index in [2.05, 4.69) is 33.0 Å². The fourth-order valence-electron chi connectivity index (χ4n) is 10.1. The summed E-state index contributed by atoms with van der Waals surface area (Å²) in [5.41, 5.74) is 9.75. The van der Waals surface area contributed by atoms with E-state index in [0.717, 1.165) is 38.8 Å². The van der Waals surface area contributed by atoms with Gasteiger partial charge in [-0.15, -0.1) is 0 Å². The van der Waals surface area contributed by atoms with Gasteiger partial charge in [-0.05, 0) is 79.4 Å². The van der Waals surface area contributed by atoms with Gasteiger partial charge in [-0.25, -0.2) is 0 Å². The number of fused-ring (bicyclic) bond motifs is 5. The van der Waals surface area contributed by atoms with Gasteiger partial charge in [0.1, 0.15) is 0 Å². The summed E-state index contributed by atoms with van der Waals surface area (Å²) in [6.07, 6.45) is 8.75. The first-order valence-corrected chi connectivity index (χ1v) is 19.7. The van der Waals surface area contributed by atoms with Crippen LogP contribution in [0.15, 0.2) is 11.6 Å². The second-order valence-electron chi connectivity index (χ2n) is 14.9. The van der Waals surface area contributed by atoms with Gasteiger partial charge in [-0.1, -0.05) is 65.5 Å². The highest BCUT2D eigenvalue weighted by molar-refractivity contribution is 7.72. The molecule has 4 aliphatic carbocycles. The van der Waals surface area contributed by atoms with Gasteiger partial charge in [0.15, 0.2) is 4.90 Å². The normalized spacial score (nSPS) is 36.1. The second-order valence-corrected chi connectivity index (χ2v) is 18.9. The average molecular weight is 650 g/mol. The molecule has 252 valence electrons. The summed E-state index contributed by atoms with van der Waals surface area (Å²) >= 11 is 0. The Bertz CT molecular complexity index is 1040. The highest BCUT2D eigenvalue weighted by Crippen LogP contribution is 2.83. The maximum absolute atomic E-state index is 13.1. The predicted molar refractivity (Wildman–Crippen MR) is 172 cm³/mol. The Kier molecular flexibility index (Phi) is 12.4.